The molecule has 4 aromatic carbocycles. The summed E-state index contributed by atoms with van der Waals surface area (Å²) in [6, 6.07) is 33.4. The lowest BCUT2D eigenvalue weighted by Gasteiger charge is -2.46. The van der Waals surface area contributed by atoms with E-state index in [1.54, 1.807) is 48.7 Å². The van der Waals surface area contributed by atoms with Crippen LogP contribution in [-0.2, 0) is 50.0 Å². The summed E-state index contributed by atoms with van der Waals surface area (Å²) in [6.07, 6.45) is 0.926. The zero-order valence-electron chi connectivity index (χ0n) is 35.1. The van der Waals surface area contributed by atoms with Crippen LogP contribution < -0.4 is 15.4 Å². The number of aliphatic hydroxyl groups is 1. The highest BCUT2D eigenvalue weighted by Crippen LogP contribution is 2.65. The van der Waals surface area contributed by atoms with Crippen molar-refractivity contribution in [3.63, 3.8) is 0 Å². The van der Waals surface area contributed by atoms with Gasteiger partial charge in [0, 0.05) is 48.1 Å². The highest BCUT2D eigenvalue weighted by atomic mass is 16.6. The van der Waals surface area contributed by atoms with Crippen molar-refractivity contribution < 1.29 is 48.0 Å². The number of nitrogens with one attached hydrogen (secondary N) is 2. The minimum atomic E-state index is -1.86. The predicted octanol–water partition coefficient (Wildman–Crippen LogP) is 4.79. The molecule has 0 bridgehead atoms. The van der Waals surface area contributed by atoms with Gasteiger partial charge in [-0.2, -0.15) is 0 Å². The van der Waals surface area contributed by atoms with Gasteiger partial charge in [0.2, 0.25) is 11.8 Å². The molecule has 14 nitrogen and oxygen atoms in total. The number of nitrogens with zero attached hydrogens (tertiary/aromatic N) is 2. The summed E-state index contributed by atoms with van der Waals surface area (Å²) in [4.78, 5) is 77.4. The third-order valence-electron chi connectivity index (χ3n) is 12.1. The number of morpholine rings is 1. The van der Waals surface area contributed by atoms with Crippen LogP contribution in [0, 0.1) is 23.7 Å². The zero-order valence-corrected chi connectivity index (χ0v) is 35.1. The molecule has 3 aliphatic heterocycles. The van der Waals surface area contributed by atoms with Crippen molar-refractivity contribution in [3.8, 4) is 17.6 Å². The molecule has 1 spiro atoms. The molecule has 0 aliphatic carbocycles. The fraction of sp³-hybridized carbons (Fsp3) is 0.280. The standard InChI is InChI=1S/C50H46N4O10/c1-61-46(57)36(47(58)62-2)21-13-14-31-23-24-38-37(30-31)50(49(60)53-38)40(45(56)52-27-25-34-19-11-12-26-51-34)42-48(59)64-43(33-17-7-4-8-18-33)41(32-15-5-3-6-16-32)54(42)44(50)35-20-9-10-22-39(35)63-29-28-55/h3-12,15-20,22-24,26,30,36,40-44,55H,21,25,27-29H2,1-2H3,(H,52,56)(H,53,60)/t40-,41-,42-,43+,44+,50-/m1/s1. The van der Waals surface area contributed by atoms with Crippen LogP contribution in [0.5, 0.6) is 5.75 Å². The number of esters is 3. The van der Waals surface area contributed by atoms with Gasteiger partial charge in [-0.3, -0.25) is 33.9 Å². The Balaban J connectivity index is 1.37. The van der Waals surface area contributed by atoms with Crippen LogP contribution in [0.4, 0.5) is 5.69 Å². The SMILES string of the molecule is COC(=O)C(CC#Cc1ccc2c(c1)[C@]1(C(=O)N2)[C@H](c2ccccc2OCCO)N2[C@H](c3ccccc3)[C@H](c3ccccc3)OC(=O)[C@H]2[C@@H]1C(=O)NCCc1ccccn1)C(=O)OC. The van der Waals surface area contributed by atoms with Gasteiger partial charge in [0.1, 0.15) is 29.9 Å². The topological polar surface area (TPSA) is 183 Å². The average Bonchev–Trinajstić information content (AvgIpc) is 3.81. The molecule has 0 unspecified atom stereocenters. The number of benzene rings is 4. The molecule has 3 aliphatic rings. The number of methoxy groups -OCH3 is 2. The lowest BCUT2D eigenvalue weighted by atomic mass is 9.65. The molecule has 4 heterocycles. The summed E-state index contributed by atoms with van der Waals surface area (Å²) in [5, 5.41) is 16.1. The Morgan fingerprint density at radius 1 is 0.875 bits per heavy atom. The van der Waals surface area contributed by atoms with Crippen LogP contribution in [-0.4, -0.2) is 84.7 Å². The average molecular weight is 863 g/mol. The minimum Gasteiger partial charge on any atom is -0.491 e. The number of anilines is 1. The number of aromatic nitrogens is 1. The minimum absolute atomic E-state index is 0.0743. The summed E-state index contributed by atoms with van der Waals surface area (Å²) < 4.78 is 22.4. The van der Waals surface area contributed by atoms with Crippen molar-refractivity contribution in [2.24, 2.45) is 11.8 Å². The number of ether oxygens (including phenoxy) is 4. The zero-order chi connectivity index (χ0) is 44.8. The van der Waals surface area contributed by atoms with Gasteiger partial charge in [0.15, 0.2) is 5.92 Å². The summed E-state index contributed by atoms with van der Waals surface area (Å²) in [5.74, 6) is 0.166. The molecule has 1 aromatic heterocycles. The second kappa shape index (κ2) is 19.0. The first-order valence-electron chi connectivity index (χ1n) is 20.9. The normalized spacial score (nSPS) is 22.0. The van der Waals surface area contributed by atoms with E-state index in [1.165, 1.54) is 14.2 Å². The van der Waals surface area contributed by atoms with Crippen LogP contribution in [0.15, 0.2) is 128 Å². The Morgan fingerprint density at radius 2 is 1.56 bits per heavy atom. The number of carbonyl (C=O) groups is 5. The summed E-state index contributed by atoms with van der Waals surface area (Å²) >= 11 is 0. The summed E-state index contributed by atoms with van der Waals surface area (Å²) in [7, 11) is 2.33. The largest absolute Gasteiger partial charge is 0.491 e. The number of amides is 2. The molecule has 2 fully saturated rings. The quantitative estimate of drug-likeness (QED) is 0.0639. The van der Waals surface area contributed by atoms with Crippen LogP contribution in [0.1, 0.15) is 58.1 Å². The van der Waals surface area contributed by atoms with E-state index < -0.39 is 71.2 Å². The van der Waals surface area contributed by atoms with Gasteiger partial charge in [-0.1, -0.05) is 96.8 Å². The fourth-order valence-corrected chi connectivity index (χ4v) is 9.41. The number of carbonyl (C=O) groups excluding carboxylic acids is 5. The molecule has 6 atom stereocenters. The number of hydrogen-bond donors (Lipinski definition) is 3. The molecular weight excluding hydrogens is 817 g/mol. The van der Waals surface area contributed by atoms with Gasteiger partial charge >= 0.3 is 17.9 Å². The van der Waals surface area contributed by atoms with Crippen LogP contribution >= 0.6 is 0 Å². The maximum atomic E-state index is 15.6. The van der Waals surface area contributed by atoms with Gasteiger partial charge < -0.3 is 34.7 Å². The van der Waals surface area contributed by atoms with E-state index >= 15 is 14.4 Å². The molecule has 326 valence electrons. The van der Waals surface area contributed by atoms with Crippen LogP contribution in [0.2, 0.25) is 0 Å². The molecule has 3 N–H and O–H groups in total. The van der Waals surface area contributed by atoms with Crippen molar-refractivity contribution in [3.05, 3.63) is 161 Å². The Hall–Kier alpha value is -7.34. The molecular formula is C50H46N4O10. The molecule has 2 saturated heterocycles. The Bertz CT molecular complexity index is 2580. The third-order valence-corrected chi connectivity index (χ3v) is 12.1. The predicted molar refractivity (Wildman–Crippen MR) is 232 cm³/mol. The first-order chi connectivity index (χ1) is 31.2. The fourth-order valence-electron chi connectivity index (χ4n) is 9.41. The van der Waals surface area contributed by atoms with E-state index in [2.05, 4.69) is 27.5 Å². The van der Waals surface area contributed by atoms with Crippen molar-refractivity contribution in [1.29, 1.82) is 0 Å². The van der Waals surface area contributed by atoms with E-state index in [9.17, 15) is 14.7 Å². The van der Waals surface area contributed by atoms with Crippen molar-refractivity contribution in [2.45, 2.75) is 42.5 Å². The second-order valence-corrected chi connectivity index (χ2v) is 15.6. The Kier molecular flexibility index (Phi) is 12.8. The van der Waals surface area contributed by atoms with Crippen molar-refractivity contribution in [2.75, 3.05) is 39.3 Å². The maximum absolute atomic E-state index is 15.6. The third kappa shape index (κ3) is 7.95. The highest BCUT2D eigenvalue weighted by Gasteiger charge is 2.74. The number of rotatable bonds is 13. The van der Waals surface area contributed by atoms with Gasteiger partial charge in [-0.15, -0.1) is 0 Å². The van der Waals surface area contributed by atoms with Gasteiger partial charge in [0.25, 0.3) is 0 Å². The monoisotopic (exact) mass is 862 g/mol. The van der Waals surface area contributed by atoms with Crippen LogP contribution in [0.25, 0.3) is 0 Å². The summed E-state index contributed by atoms with van der Waals surface area (Å²) in [6.45, 7) is -0.235. The van der Waals surface area contributed by atoms with E-state index in [0.29, 0.717) is 40.1 Å². The van der Waals surface area contributed by atoms with E-state index in [1.807, 2.05) is 83.8 Å². The second-order valence-electron chi connectivity index (χ2n) is 15.6. The molecule has 64 heavy (non-hydrogen) atoms. The molecule has 14 heteroatoms. The van der Waals surface area contributed by atoms with Crippen LogP contribution in [0.3, 0.4) is 0 Å². The molecule has 0 radical (unpaired) electrons. The first-order valence-corrected chi connectivity index (χ1v) is 20.9. The molecule has 0 saturated carbocycles. The summed E-state index contributed by atoms with van der Waals surface area (Å²) in [5.41, 5.74) is 2.02. The Morgan fingerprint density at radius 3 is 2.25 bits per heavy atom. The maximum Gasteiger partial charge on any atom is 0.324 e. The molecule has 2 amide bonds. The smallest absolute Gasteiger partial charge is 0.324 e. The van der Waals surface area contributed by atoms with Crippen molar-refractivity contribution >= 4 is 35.4 Å². The van der Waals surface area contributed by atoms with Gasteiger partial charge in [0.05, 0.1) is 38.8 Å². The first kappa shape index (κ1) is 43.3. The van der Waals surface area contributed by atoms with E-state index in [0.717, 1.165) is 11.3 Å². The number of para-hydroxylation sites is 1. The lowest BCUT2D eigenvalue weighted by molar-refractivity contribution is -0.178. The number of hydrogen-bond acceptors (Lipinski definition) is 12. The lowest BCUT2D eigenvalue weighted by Crippen LogP contribution is -2.55. The number of cyclic esters (lactones) is 1. The number of fused-ring (bicyclic) bond motifs is 3. The molecule has 5 aromatic rings. The molecule has 8 rings (SSSR count). The highest BCUT2D eigenvalue weighted by molar-refractivity contribution is 6.12. The van der Waals surface area contributed by atoms with E-state index in [4.69, 9.17) is 18.9 Å². The van der Waals surface area contributed by atoms with E-state index in [-0.39, 0.29) is 26.2 Å². The Labute approximate surface area is 369 Å². The number of pyridine rings is 1. The van der Waals surface area contributed by atoms with Gasteiger partial charge in [-0.05, 0) is 53.1 Å². The van der Waals surface area contributed by atoms with Crippen molar-refractivity contribution in [1.82, 2.24) is 15.2 Å². The van der Waals surface area contributed by atoms with Gasteiger partial charge in [-0.25, -0.2) is 0 Å². The number of aliphatic hydroxyl groups excluding tert-OH is 1.